The van der Waals surface area contributed by atoms with Crippen molar-refractivity contribution < 1.29 is 24.3 Å². The van der Waals surface area contributed by atoms with Crippen LogP contribution in [-0.2, 0) is 19.2 Å². The summed E-state index contributed by atoms with van der Waals surface area (Å²) >= 11 is 0. The molecule has 8 nitrogen and oxygen atoms in total. The van der Waals surface area contributed by atoms with Crippen molar-refractivity contribution in [3.8, 4) is 0 Å². The highest BCUT2D eigenvalue weighted by Crippen LogP contribution is 2.10. The summed E-state index contributed by atoms with van der Waals surface area (Å²) in [6.45, 7) is 0.293. The molecule has 20 heavy (non-hydrogen) atoms. The molecule has 0 aromatic rings. The van der Waals surface area contributed by atoms with Crippen molar-refractivity contribution in [1.82, 2.24) is 10.2 Å². The Labute approximate surface area is 116 Å². The van der Waals surface area contributed by atoms with Crippen molar-refractivity contribution in [3.63, 3.8) is 0 Å². The third-order valence-electron chi connectivity index (χ3n) is 3.04. The average Bonchev–Trinajstić information content (AvgIpc) is 2.53. The summed E-state index contributed by atoms with van der Waals surface area (Å²) in [5, 5.41) is 11.1. The van der Waals surface area contributed by atoms with Crippen molar-refractivity contribution in [2.75, 3.05) is 13.1 Å². The molecule has 1 atom stereocenters. The Morgan fingerprint density at radius 3 is 2.60 bits per heavy atom. The van der Waals surface area contributed by atoms with Gasteiger partial charge in [0.25, 0.3) is 0 Å². The summed E-state index contributed by atoms with van der Waals surface area (Å²) in [4.78, 5) is 46.5. The van der Waals surface area contributed by atoms with E-state index in [1.807, 2.05) is 0 Å². The molecular weight excluding hydrogens is 266 g/mol. The van der Waals surface area contributed by atoms with Gasteiger partial charge in [-0.1, -0.05) is 6.42 Å². The monoisotopic (exact) mass is 285 g/mol. The Morgan fingerprint density at radius 2 is 2.00 bits per heavy atom. The fourth-order valence-corrected chi connectivity index (χ4v) is 2.02. The van der Waals surface area contributed by atoms with E-state index in [1.165, 1.54) is 4.90 Å². The van der Waals surface area contributed by atoms with Gasteiger partial charge in [-0.25, -0.2) is 4.79 Å². The predicted molar refractivity (Wildman–Crippen MR) is 68.4 cm³/mol. The minimum absolute atomic E-state index is 0.112. The SMILES string of the molecule is NC(=O)CC(NC(=O)CN1CCCCCC1=O)C(=O)O. The number of nitrogens with one attached hydrogen (secondary N) is 1. The molecule has 1 aliphatic rings. The number of rotatable bonds is 6. The molecule has 0 spiro atoms. The van der Waals surface area contributed by atoms with Gasteiger partial charge in [0.15, 0.2) is 0 Å². The molecular formula is C12H19N3O5. The lowest BCUT2D eigenvalue weighted by Crippen LogP contribution is -2.48. The number of hydrogen-bond acceptors (Lipinski definition) is 4. The number of amides is 3. The first-order chi connectivity index (χ1) is 9.40. The van der Waals surface area contributed by atoms with Gasteiger partial charge in [-0.15, -0.1) is 0 Å². The molecule has 1 aliphatic heterocycles. The van der Waals surface area contributed by atoms with Crippen molar-refractivity contribution in [2.45, 2.75) is 38.1 Å². The Balaban J connectivity index is 2.53. The topological polar surface area (TPSA) is 130 Å². The van der Waals surface area contributed by atoms with Crippen LogP contribution < -0.4 is 11.1 Å². The number of nitrogens with zero attached hydrogens (tertiary/aromatic N) is 1. The highest BCUT2D eigenvalue weighted by Gasteiger charge is 2.24. The maximum atomic E-state index is 11.7. The van der Waals surface area contributed by atoms with E-state index in [-0.39, 0.29) is 12.5 Å². The molecule has 1 unspecified atom stereocenters. The molecule has 0 aromatic heterocycles. The summed E-state index contributed by atoms with van der Waals surface area (Å²) in [5.41, 5.74) is 4.92. The summed E-state index contributed by atoms with van der Waals surface area (Å²) < 4.78 is 0. The lowest BCUT2D eigenvalue weighted by molar-refractivity contribution is -0.144. The Hall–Kier alpha value is -2.12. The second-order valence-corrected chi connectivity index (χ2v) is 4.75. The van der Waals surface area contributed by atoms with Crippen LogP contribution in [0.1, 0.15) is 32.1 Å². The molecule has 1 fully saturated rings. The summed E-state index contributed by atoms with van der Waals surface area (Å²) in [7, 11) is 0. The third kappa shape index (κ3) is 5.25. The first-order valence-corrected chi connectivity index (χ1v) is 6.48. The maximum absolute atomic E-state index is 11.7. The molecule has 1 rings (SSSR count). The standard InChI is InChI=1S/C12H19N3O5/c13-9(16)6-8(12(19)20)14-10(17)7-15-5-3-1-2-4-11(15)18/h8H,1-7H2,(H2,13,16)(H,14,17)(H,19,20). The second-order valence-electron chi connectivity index (χ2n) is 4.75. The molecule has 0 saturated carbocycles. The van der Waals surface area contributed by atoms with Crippen molar-refractivity contribution in [1.29, 1.82) is 0 Å². The van der Waals surface area contributed by atoms with Crippen LogP contribution in [0.5, 0.6) is 0 Å². The van der Waals surface area contributed by atoms with Crippen LogP contribution in [0.2, 0.25) is 0 Å². The maximum Gasteiger partial charge on any atom is 0.326 e. The zero-order valence-corrected chi connectivity index (χ0v) is 11.1. The largest absolute Gasteiger partial charge is 0.480 e. The Morgan fingerprint density at radius 1 is 1.30 bits per heavy atom. The van der Waals surface area contributed by atoms with Gasteiger partial charge in [-0.3, -0.25) is 14.4 Å². The van der Waals surface area contributed by atoms with E-state index in [0.29, 0.717) is 13.0 Å². The van der Waals surface area contributed by atoms with Gasteiger partial charge >= 0.3 is 5.97 Å². The minimum Gasteiger partial charge on any atom is -0.480 e. The first-order valence-electron chi connectivity index (χ1n) is 6.48. The lowest BCUT2D eigenvalue weighted by atomic mass is 10.2. The minimum atomic E-state index is -1.36. The zero-order chi connectivity index (χ0) is 15.1. The summed E-state index contributed by atoms with van der Waals surface area (Å²) in [5.74, 6) is -2.86. The van der Waals surface area contributed by atoms with E-state index in [2.05, 4.69) is 5.32 Å². The van der Waals surface area contributed by atoms with Gasteiger partial charge in [0, 0.05) is 13.0 Å². The van der Waals surface area contributed by atoms with Crippen molar-refractivity contribution in [2.24, 2.45) is 5.73 Å². The number of likely N-dealkylation sites (tertiary alicyclic amines) is 1. The number of aliphatic carboxylic acids is 1. The van der Waals surface area contributed by atoms with Crippen LogP contribution in [-0.4, -0.2) is 52.8 Å². The predicted octanol–water partition coefficient (Wildman–Crippen LogP) is -1.17. The summed E-state index contributed by atoms with van der Waals surface area (Å²) in [6.07, 6.45) is 2.48. The van der Waals surface area contributed by atoms with Crippen molar-refractivity contribution >= 4 is 23.7 Å². The first kappa shape index (κ1) is 15.9. The van der Waals surface area contributed by atoms with E-state index in [0.717, 1.165) is 19.3 Å². The van der Waals surface area contributed by atoms with Crippen LogP contribution in [0.15, 0.2) is 0 Å². The molecule has 1 heterocycles. The number of carbonyl (C=O) groups excluding carboxylic acids is 3. The number of primary amides is 1. The van der Waals surface area contributed by atoms with Crippen LogP contribution in [0.4, 0.5) is 0 Å². The molecule has 1 saturated heterocycles. The normalized spacial score (nSPS) is 17.2. The van der Waals surface area contributed by atoms with E-state index >= 15 is 0 Å². The number of carbonyl (C=O) groups is 4. The smallest absolute Gasteiger partial charge is 0.326 e. The molecule has 4 N–H and O–H groups in total. The second kappa shape index (κ2) is 7.46. The highest BCUT2D eigenvalue weighted by molar-refractivity contribution is 5.90. The molecule has 0 aromatic carbocycles. The van der Waals surface area contributed by atoms with Gasteiger partial charge in [0.05, 0.1) is 13.0 Å². The Bertz CT molecular complexity index is 410. The Kier molecular flexibility index (Phi) is 5.95. The highest BCUT2D eigenvalue weighted by atomic mass is 16.4. The fraction of sp³-hybridized carbons (Fsp3) is 0.667. The summed E-state index contributed by atoms with van der Waals surface area (Å²) in [6, 6.07) is -1.36. The van der Waals surface area contributed by atoms with Gasteiger partial charge in [0.1, 0.15) is 6.04 Å². The zero-order valence-electron chi connectivity index (χ0n) is 11.1. The average molecular weight is 285 g/mol. The molecule has 3 amide bonds. The number of carboxylic acid groups (broad SMARTS) is 1. The van der Waals surface area contributed by atoms with Crippen LogP contribution in [0.25, 0.3) is 0 Å². The van der Waals surface area contributed by atoms with Crippen LogP contribution >= 0.6 is 0 Å². The third-order valence-corrected chi connectivity index (χ3v) is 3.04. The van der Waals surface area contributed by atoms with Crippen molar-refractivity contribution in [3.05, 3.63) is 0 Å². The molecule has 0 bridgehead atoms. The van der Waals surface area contributed by atoms with E-state index in [1.54, 1.807) is 0 Å². The molecule has 112 valence electrons. The number of hydrogen-bond donors (Lipinski definition) is 3. The molecule has 0 radical (unpaired) electrons. The quantitative estimate of drug-likeness (QED) is 0.566. The van der Waals surface area contributed by atoms with Gasteiger partial charge in [0.2, 0.25) is 17.7 Å². The van der Waals surface area contributed by atoms with Crippen LogP contribution in [0, 0.1) is 0 Å². The van der Waals surface area contributed by atoms with E-state index in [9.17, 15) is 19.2 Å². The molecule has 0 aliphatic carbocycles. The number of carboxylic acids is 1. The van der Waals surface area contributed by atoms with Gasteiger partial charge < -0.3 is 21.1 Å². The fourth-order valence-electron chi connectivity index (χ4n) is 2.02. The van der Waals surface area contributed by atoms with E-state index in [4.69, 9.17) is 10.8 Å². The van der Waals surface area contributed by atoms with Gasteiger partial charge in [-0.2, -0.15) is 0 Å². The molecule has 8 heteroatoms. The van der Waals surface area contributed by atoms with Crippen LogP contribution in [0.3, 0.4) is 0 Å². The van der Waals surface area contributed by atoms with Gasteiger partial charge in [-0.05, 0) is 12.8 Å². The number of nitrogens with two attached hydrogens (primary N) is 1. The van der Waals surface area contributed by atoms with E-state index < -0.39 is 30.2 Å². The lowest BCUT2D eigenvalue weighted by Gasteiger charge is -2.21.